The molecule has 0 aromatic carbocycles. The smallest absolute Gasteiger partial charge is 0.244 e. The van der Waals surface area contributed by atoms with Crippen LogP contribution in [0.15, 0.2) is 0 Å². The first kappa shape index (κ1) is 55.6. The van der Waals surface area contributed by atoms with E-state index in [0.717, 1.165) is 0 Å². The van der Waals surface area contributed by atoms with E-state index in [1.54, 1.807) is 13.8 Å². The molecule has 0 spiro atoms. The van der Waals surface area contributed by atoms with Gasteiger partial charge in [-0.2, -0.15) is 0 Å². The Hall–Kier alpha value is -6.36. The van der Waals surface area contributed by atoms with E-state index in [2.05, 4.69) is 63.8 Å². The van der Waals surface area contributed by atoms with E-state index >= 15 is 0 Å². The van der Waals surface area contributed by atoms with Crippen LogP contribution in [0.1, 0.15) is 69.2 Å². The lowest BCUT2D eigenvalue weighted by Crippen LogP contribution is -2.61. The second kappa shape index (κ2) is 26.1. The Morgan fingerprint density at radius 1 is 0.242 bits per heavy atom. The molecule has 62 heavy (non-hydrogen) atoms. The van der Waals surface area contributed by atoms with E-state index in [1.807, 2.05) is 0 Å². The van der Waals surface area contributed by atoms with Gasteiger partial charge in [-0.05, 0) is 34.6 Å². The van der Waals surface area contributed by atoms with Crippen molar-refractivity contribution in [3.05, 3.63) is 0 Å². The van der Waals surface area contributed by atoms with Crippen LogP contribution in [-0.2, 0) is 57.5 Å². The number of carbonyl (C=O) groups excluding carboxylic acids is 12. The Bertz CT molecular complexity index is 1690. The molecule has 11 atom stereocenters. The highest BCUT2D eigenvalue weighted by Crippen LogP contribution is 2.09. The molecule has 12 N–H and O–H groups in total. The first-order chi connectivity index (χ1) is 28.7. The molecule has 0 radical (unpaired) electrons. The van der Waals surface area contributed by atoms with Crippen molar-refractivity contribution in [2.75, 3.05) is 28.2 Å². The van der Waals surface area contributed by atoms with Crippen molar-refractivity contribution in [3.63, 3.8) is 0 Å². The highest BCUT2D eigenvalue weighted by Gasteiger charge is 2.37. The number of likely N-dealkylation sites (N-methyl/N-ethyl adjacent to an activating group) is 1. The Morgan fingerprint density at radius 2 is 0.435 bits per heavy atom. The summed E-state index contributed by atoms with van der Waals surface area (Å²) in [7, 11) is 5.32. The largest absolute Gasteiger partial charge is 0.359 e. The van der Waals surface area contributed by atoms with Crippen LogP contribution in [0.2, 0.25) is 0 Å². The van der Waals surface area contributed by atoms with Crippen molar-refractivity contribution in [2.45, 2.75) is 118 Å². The zero-order chi connectivity index (χ0) is 48.3. The minimum Gasteiger partial charge on any atom is -0.359 e. The molecular weight excluding hydrogens is 816 g/mol. The summed E-state index contributed by atoms with van der Waals surface area (Å²) in [5.74, 6) is -13.1. The zero-order valence-corrected chi connectivity index (χ0v) is 37.8. The third-order valence-corrected chi connectivity index (χ3v) is 9.75. The van der Waals surface area contributed by atoms with E-state index in [1.165, 1.54) is 83.6 Å². The molecule has 350 valence electrons. The molecule has 0 aliphatic rings. The Balaban J connectivity index is 5.91. The fourth-order valence-corrected chi connectivity index (χ4v) is 5.40. The van der Waals surface area contributed by atoms with E-state index in [4.69, 9.17) is 0 Å². The number of amides is 12. The number of hydrogen-bond donors (Lipinski definition) is 12. The maximum absolute atomic E-state index is 13.5. The topological polar surface area (TPSA) is 349 Å². The summed E-state index contributed by atoms with van der Waals surface area (Å²) in [6.07, 6.45) is 0. The van der Waals surface area contributed by atoms with Gasteiger partial charge in [0, 0.05) is 34.1 Å². The quantitative estimate of drug-likeness (QED) is 0.0458. The second-order valence-electron chi connectivity index (χ2n) is 15.1. The fourth-order valence-electron chi connectivity index (χ4n) is 5.40. The fraction of sp³-hybridized carbons (Fsp3) is 0.684. The summed E-state index contributed by atoms with van der Waals surface area (Å²) < 4.78 is 0. The van der Waals surface area contributed by atoms with Crippen molar-refractivity contribution in [1.29, 1.82) is 0 Å². The molecular formula is C38H66N12O12. The number of rotatable bonds is 23. The maximum atomic E-state index is 13.5. The highest BCUT2D eigenvalue weighted by molar-refractivity contribution is 6.00. The number of nitrogens with one attached hydrogen (secondary N) is 12. The molecule has 0 saturated carbocycles. The molecule has 24 heteroatoms. The van der Waals surface area contributed by atoms with E-state index < -0.39 is 143 Å². The number of carbonyl (C=O) groups is 12. The molecule has 0 bridgehead atoms. The van der Waals surface area contributed by atoms with Crippen LogP contribution in [0, 0.1) is 23.7 Å². The maximum Gasteiger partial charge on any atom is 0.244 e. The van der Waals surface area contributed by atoms with Crippen molar-refractivity contribution in [3.8, 4) is 0 Å². The van der Waals surface area contributed by atoms with Gasteiger partial charge in [0.15, 0.2) is 0 Å². The van der Waals surface area contributed by atoms with Crippen LogP contribution in [0.4, 0.5) is 0 Å². The summed E-state index contributed by atoms with van der Waals surface area (Å²) in [4.78, 5) is 154. The predicted molar refractivity (Wildman–Crippen MR) is 222 cm³/mol. The van der Waals surface area contributed by atoms with Gasteiger partial charge >= 0.3 is 0 Å². The molecule has 0 saturated heterocycles. The minimum absolute atomic E-state index is 0.516. The van der Waals surface area contributed by atoms with E-state index in [9.17, 15) is 57.5 Å². The molecule has 0 heterocycles. The van der Waals surface area contributed by atoms with Gasteiger partial charge in [0.25, 0.3) is 0 Å². The van der Waals surface area contributed by atoms with Gasteiger partial charge in [-0.3, -0.25) is 57.5 Å². The normalized spacial score (nSPS) is 16.1. The third-order valence-electron chi connectivity index (χ3n) is 9.75. The summed E-state index contributed by atoms with van der Waals surface area (Å²) in [6.45, 7) is 13.7. The van der Waals surface area contributed by atoms with E-state index in [-0.39, 0.29) is 0 Å². The summed E-state index contributed by atoms with van der Waals surface area (Å²) in [5.41, 5.74) is 0. The molecule has 0 aromatic rings. The van der Waals surface area contributed by atoms with Crippen LogP contribution in [0.3, 0.4) is 0 Å². The second-order valence-corrected chi connectivity index (χ2v) is 15.1. The van der Waals surface area contributed by atoms with Crippen LogP contribution in [0.25, 0.3) is 0 Å². The Morgan fingerprint density at radius 3 is 0.661 bits per heavy atom. The van der Waals surface area contributed by atoms with Gasteiger partial charge in [-0.1, -0.05) is 34.6 Å². The van der Waals surface area contributed by atoms with Crippen molar-refractivity contribution >= 4 is 70.9 Å². The molecule has 24 nitrogen and oxygen atoms in total. The van der Waals surface area contributed by atoms with Gasteiger partial charge in [-0.15, -0.1) is 0 Å². The summed E-state index contributed by atoms with van der Waals surface area (Å²) in [6, 6.07) is -10.8. The lowest BCUT2D eigenvalue weighted by molar-refractivity contribution is -0.138. The van der Waals surface area contributed by atoms with Crippen LogP contribution < -0.4 is 63.8 Å². The monoisotopic (exact) mass is 882 g/mol. The van der Waals surface area contributed by atoms with Crippen LogP contribution in [0.5, 0.6) is 0 Å². The first-order valence-corrected chi connectivity index (χ1v) is 20.0. The number of hydrogen-bond acceptors (Lipinski definition) is 12. The predicted octanol–water partition coefficient (Wildman–Crippen LogP) is -5.49. The van der Waals surface area contributed by atoms with Gasteiger partial charge in [-0.25, -0.2) is 0 Å². The SMILES string of the molecule is CNC(=O)C(C)[C@H](NC(=O)C(C)C)C(=O)N[C@@H](C)C(=O)N[C@@H](C)C(=O)N[C@H](C(=O)N[C@@H](C)C(=O)N[C@@H](C)C(=O)N[C@H](C(=O)N[C@@H](C)C(=O)NC)C(C)C(=O)NC)C(C)C(=O)NC. The molecule has 0 aliphatic carbocycles. The highest BCUT2D eigenvalue weighted by atomic mass is 16.2. The van der Waals surface area contributed by atoms with Gasteiger partial charge in [0.2, 0.25) is 70.9 Å². The average Bonchev–Trinajstić information content (AvgIpc) is 3.23. The Kier molecular flexibility index (Phi) is 23.4. The van der Waals surface area contributed by atoms with Gasteiger partial charge in [0.1, 0.15) is 48.3 Å². The lowest BCUT2D eigenvalue weighted by Gasteiger charge is -2.28. The third kappa shape index (κ3) is 17.0. The van der Waals surface area contributed by atoms with Crippen molar-refractivity contribution in [2.24, 2.45) is 23.7 Å². The van der Waals surface area contributed by atoms with Crippen molar-refractivity contribution < 1.29 is 57.5 Å². The van der Waals surface area contributed by atoms with Crippen molar-refractivity contribution in [1.82, 2.24) is 63.8 Å². The standard InChI is InChI=1S/C38H66N12O12/c1-15(2)27(51)48-24(16(3)28(52)39-11)36(60)46-20(7)32(56)43-23(10)35(59)50-26(18(5)30(54)41-13)38(62)47-21(8)33(57)44-22(9)34(58)49-25(17(4)29(53)40-12)37(61)45-19(6)31(55)42-14/h15-26H,1-14H3,(H,39,52)(H,40,53)(H,41,54)(H,42,55)(H,43,56)(H,44,57)(H,45,61)(H,46,60)(H,47,62)(H,48,51)(H,49,58)(H,50,59)/t16?,17?,18?,19-,20-,21-,22-,23-,24-,25-,26-/m0/s1. The molecule has 3 unspecified atom stereocenters. The molecule has 0 aromatic heterocycles. The van der Waals surface area contributed by atoms with Gasteiger partial charge < -0.3 is 63.8 Å². The zero-order valence-electron chi connectivity index (χ0n) is 37.8. The lowest BCUT2D eigenvalue weighted by atomic mass is 9.98. The molecule has 12 amide bonds. The summed E-state index contributed by atoms with van der Waals surface area (Å²) >= 11 is 0. The summed E-state index contributed by atoms with van der Waals surface area (Å²) in [5, 5.41) is 28.7. The minimum atomic E-state index is -1.62. The average molecular weight is 883 g/mol. The Labute approximate surface area is 361 Å². The molecule has 0 aliphatic heterocycles. The van der Waals surface area contributed by atoms with Crippen LogP contribution in [-0.4, -0.2) is 147 Å². The molecule has 0 fully saturated rings. The van der Waals surface area contributed by atoms with Gasteiger partial charge in [0.05, 0.1) is 17.8 Å². The first-order valence-electron chi connectivity index (χ1n) is 20.0. The van der Waals surface area contributed by atoms with Crippen LogP contribution >= 0.6 is 0 Å². The van der Waals surface area contributed by atoms with E-state index in [0.29, 0.717) is 0 Å². The molecule has 0 rings (SSSR count).